The Morgan fingerprint density at radius 2 is 1.69 bits per heavy atom. The van der Waals surface area contributed by atoms with Crippen LogP contribution in [0.2, 0.25) is 0 Å². The highest BCUT2D eigenvalue weighted by Gasteiger charge is 2.18. The van der Waals surface area contributed by atoms with Crippen molar-refractivity contribution in [1.82, 2.24) is 15.0 Å². The molecule has 0 fully saturated rings. The summed E-state index contributed by atoms with van der Waals surface area (Å²) in [5, 5.41) is 12.2. The van der Waals surface area contributed by atoms with Gasteiger partial charge in [-0.1, -0.05) is 41.9 Å². The lowest BCUT2D eigenvalue weighted by molar-refractivity contribution is 0.102. The number of methoxy groups -OCH3 is 1. The molecule has 8 heteroatoms. The lowest BCUT2D eigenvalue weighted by Gasteiger charge is -2.13. The Hall–Kier alpha value is -2.71. The third-order valence-electron chi connectivity index (χ3n) is 5.22. The Bertz CT molecular complexity index is 1310. The normalized spacial score (nSPS) is 11.2. The molecule has 0 aliphatic rings. The highest BCUT2D eigenvalue weighted by Crippen LogP contribution is 2.33. The molecule has 0 atom stereocenters. The van der Waals surface area contributed by atoms with Gasteiger partial charge in [0.05, 0.1) is 22.8 Å². The highest BCUT2D eigenvalue weighted by molar-refractivity contribution is 9.11. The number of hydrogen-bond acceptors (Lipinski definition) is 4. The molecule has 0 unspecified atom stereocenters. The SMILES string of the molecule is COc1c(Br)cc(Br)cc1C(=O)Nc1cc2nn(-c3ccc(C(C)C)cc3)nc2cc1C. The fraction of sp³-hybridized carbons (Fsp3) is 0.208. The van der Waals surface area contributed by atoms with Crippen molar-refractivity contribution < 1.29 is 9.53 Å². The number of aryl methyl sites for hydroxylation is 1. The lowest BCUT2D eigenvalue weighted by Crippen LogP contribution is -2.14. The van der Waals surface area contributed by atoms with Gasteiger partial charge in [0, 0.05) is 10.2 Å². The summed E-state index contributed by atoms with van der Waals surface area (Å²) in [5.74, 6) is 0.662. The second-order valence-electron chi connectivity index (χ2n) is 7.81. The first-order chi connectivity index (χ1) is 15.3. The van der Waals surface area contributed by atoms with Gasteiger partial charge in [0.25, 0.3) is 5.91 Å². The number of carbonyl (C=O) groups is 1. The number of nitrogens with zero attached hydrogens (tertiary/aromatic N) is 3. The van der Waals surface area contributed by atoms with Crippen molar-refractivity contribution in [3.8, 4) is 11.4 Å². The quantitative estimate of drug-likeness (QED) is 0.298. The maximum absolute atomic E-state index is 13.0. The van der Waals surface area contributed by atoms with Gasteiger partial charge in [0.1, 0.15) is 16.8 Å². The van der Waals surface area contributed by atoms with E-state index < -0.39 is 0 Å². The van der Waals surface area contributed by atoms with E-state index in [-0.39, 0.29) is 5.91 Å². The van der Waals surface area contributed by atoms with Crippen molar-refractivity contribution in [3.63, 3.8) is 0 Å². The molecule has 6 nitrogen and oxygen atoms in total. The Balaban J connectivity index is 1.66. The number of rotatable bonds is 5. The minimum Gasteiger partial charge on any atom is -0.495 e. The molecule has 0 bridgehead atoms. The monoisotopic (exact) mass is 556 g/mol. The minimum atomic E-state index is -0.275. The fourth-order valence-electron chi connectivity index (χ4n) is 3.44. The van der Waals surface area contributed by atoms with Crippen LogP contribution in [0.15, 0.2) is 57.5 Å². The van der Waals surface area contributed by atoms with Gasteiger partial charge in [-0.3, -0.25) is 4.79 Å². The summed E-state index contributed by atoms with van der Waals surface area (Å²) in [6.45, 7) is 6.26. The second kappa shape index (κ2) is 9.03. The first-order valence-corrected chi connectivity index (χ1v) is 11.7. The van der Waals surface area contributed by atoms with Gasteiger partial charge in [-0.2, -0.15) is 4.80 Å². The van der Waals surface area contributed by atoms with Gasteiger partial charge in [-0.25, -0.2) is 0 Å². The van der Waals surface area contributed by atoms with Crippen LogP contribution in [0.5, 0.6) is 5.75 Å². The minimum absolute atomic E-state index is 0.275. The predicted molar refractivity (Wildman–Crippen MR) is 134 cm³/mol. The number of fused-ring (bicyclic) bond motifs is 1. The molecule has 0 aliphatic heterocycles. The summed E-state index contributed by atoms with van der Waals surface area (Å²) < 4.78 is 6.88. The average molecular weight is 558 g/mol. The number of nitrogens with one attached hydrogen (secondary N) is 1. The maximum Gasteiger partial charge on any atom is 0.259 e. The number of amides is 1. The van der Waals surface area contributed by atoms with E-state index in [9.17, 15) is 4.79 Å². The summed E-state index contributed by atoms with van der Waals surface area (Å²) in [6, 6.07) is 15.5. The summed E-state index contributed by atoms with van der Waals surface area (Å²) >= 11 is 6.87. The molecule has 1 amide bonds. The second-order valence-corrected chi connectivity index (χ2v) is 9.58. The molecule has 0 saturated heterocycles. The summed E-state index contributed by atoms with van der Waals surface area (Å²) in [6.07, 6.45) is 0. The Labute approximate surface area is 203 Å². The van der Waals surface area contributed by atoms with Crippen LogP contribution in [0.3, 0.4) is 0 Å². The molecule has 0 spiro atoms. The zero-order valence-corrected chi connectivity index (χ0v) is 21.3. The maximum atomic E-state index is 13.0. The summed E-state index contributed by atoms with van der Waals surface area (Å²) in [7, 11) is 1.54. The number of halogens is 2. The van der Waals surface area contributed by atoms with Crippen molar-refractivity contribution in [1.29, 1.82) is 0 Å². The first-order valence-electron chi connectivity index (χ1n) is 10.1. The van der Waals surface area contributed by atoms with Crippen LogP contribution >= 0.6 is 31.9 Å². The molecule has 1 aromatic heterocycles. The van der Waals surface area contributed by atoms with E-state index in [4.69, 9.17) is 4.74 Å². The lowest BCUT2D eigenvalue weighted by atomic mass is 10.0. The molecule has 1 heterocycles. The zero-order valence-electron chi connectivity index (χ0n) is 18.1. The van der Waals surface area contributed by atoms with E-state index in [1.54, 1.807) is 10.9 Å². The zero-order chi connectivity index (χ0) is 23.0. The third-order valence-corrected chi connectivity index (χ3v) is 6.27. The number of ether oxygens (including phenoxy) is 1. The molecule has 164 valence electrons. The topological polar surface area (TPSA) is 69.0 Å². The van der Waals surface area contributed by atoms with Crippen molar-refractivity contribution in [3.05, 3.63) is 74.2 Å². The third kappa shape index (κ3) is 4.42. The van der Waals surface area contributed by atoms with Crippen molar-refractivity contribution in [2.75, 3.05) is 12.4 Å². The molecule has 3 aromatic carbocycles. The van der Waals surface area contributed by atoms with Crippen molar-refractivity contribution >= 4 is 54.5 Å². The molecular formula is C24H22Br2N4O2. The van der Waals surface area contributed by atoms with E-state index >= 15 is 0 Å². The molecule has 0 aliphatic carbocycles. The van der Waals surface area contributed by atoms with Crippen molar-refractivity contribution in [2.45, 2.75) is 26.7 Å². The Morgan fingerprint density at radius 3 is 2.31 bits per heavy atom. The van der Waals surface area contributed by atoms with Crippen LogP contribution < -0.4 is 10.1 Å². The highest BCUT2D eigenvalue weighted by atomic mass is 79.9. The number of aromatic nitrogens is 3. The van der Waals surface area contributed by atoms with Crippen molar-refractivity contribution in [2.24, 2.45) is 0 Å². The molecule has 0 saturated carbocycles. The van der Waals surface area contributed by atoms with E-state index in [2.05, 4.69) is 73.4 Å². The van der Waals surface area contributed by atoms with E-state index in [0.717, 1.165) is 21.2 Å². The Morgan fingerprint density at radius 1 is 1.03 bits per heavy atom. The molecule has 32 heavy (non-hydrogen) atoms. The number of carbonyl (C=O) groups excluding carboxylic acids is 1. The predicted octanol–water partition coefficient (Wildman–Crippen LogP) is 6.64. The Kier molecular flexibility index (Phi) is 6.35. The first kappa shape index (κ1) is 22.5. The van der Waals surface area contributed by atoms with Crippen LogP contribution in [0.1, 0.15) is 41.3 Å². The van der Waals surface area contributed by atoms with Gasteiger partial charge < -0.3 is 10.1 Å². The number of benzene rings is 3. The van der Waals surface area contributed by atoms with Gasteiger partial charge >= 0.3 is 0 Å². The largest absolute Gasteiger partial charge is 0.495 e. The average Bonchev–Trinajstić information content (AvgIpc) is 3.16. The van der Waals surface area contributed by atoms with Crippen LogP contribution in [-0.2, 0) is 0 Å². The van der Waals surface area contributed by atoms with Gasteiger partial charge in [-0.15, -0.1) is 10.2 Å². The van der Waals surface area contributed by atoms with Crippen LogP contribution in [0.4, 0.5) is 5.69 Å². The number of hydrogen-bond donors (Lipinski definition) is 1. The molecule has 4 aromatic rings. The van der Waals surface area contributed by atoms with E-state index in [1.165, 1.54) is 12.7 Å². The van der Waals surface area contributed by atoms with Crippen LogP contribution in [0, 0.1) is 6.92 Å². The van der Waals surface area contributed by atoms with Gasteiger partial charge in [0.15, 0.2) is 0 Å². The summed E-state index contributed by atoms with van der Waals surface area (Å²) in [4.78, 5) is 14.6. The van der Waals surface area contributed by atoms with Crippen LogP contribution in [0.25, 0.3) is 16.7 Å². The van der Waals surface area contributed by atoms with E-state index in [0.29, 0.717) is 32.9 Å². The van der Waals surface area contributed by atoms with Gasteiger partial charge in [0.2, 0.25) is 0 Å². The molecular weight excluding hydrogens is 536 g/mol. The van der Waals surface area contributed by atoms with Gasteiger partial charge in [-0.05, 0) is 76.3 Å². The number of anilines is 1. The summed E-state index contributed by atoms with van der Waals surface area (Å²) in [5.41, 5.74) is 5.59. The smallest absolute Gasteiger partial charge is 0.259 e. The van der Waals surface area contributed by atoms with Crippen LogP contribution in [-0.4, -0.2) is 28.0 Å². The van der Waals surface area contributed by atoms with E-state index in [1.807, 2.05) is 37.3 Å². The molecule has 4 rings (SSSR count). The fourth-order valence-corrected chi connectivity index (χ4v) is 4.82. The molecule has 0 radical (unpaired) electrons. The molecule has 1 N–H and O–H groups in total. The standard InChI is InChI=1S/C24H22Br2N4O2/c1-13(2)15-5-7-17(8-6-15)30-28-21-9-14(3)20(12-22(21)29-30)27-24(31)18-10-16(25)11-19(26)23(18)32-4/h5-13H,1-4H3,(H,27,31).